The van der Waals surface area contributed by atoms with Gasteiger partial charge in [0.05, 0.1) is 48.8 Å². The first-order valence-corrected chi connectivity index (χ1v) is 25.9. The molecule has 1 aliphatic heterocycles. The molecule has 18 nitrogen and oxygen atoms in total. The van der Waals surface area contributed by atoms with E-state index in [4.69, 9.17) is 18.3 Å². The fourth-order valence-electron chi connectivity index (χ4n) is 8.54. The lowest BCUT2D eigenvalue weighted by Gasteiger charge is -2.32. The van der Waals surface area contributed by atoms with Crippen LogP contribution in [0.15, 0.2) is 81.9 Å². The second kappa shape index (κ2) is 28.4. The third-order valence-electron chi connectivity index (χ3n) is 13.0. The molecule has 1 aliphatic rings. The van der Waals surface area contributed by atoms with E-state index in [1.54, 1.807) is 31.5 Å². The number of rotatable bonds is 25. The van der Waals surface area contributed by atoms with E-state index in [1.165, 1.54) is 0 Å². The van der Waals surface area contributed by atoms with Crippen LogP contribution in [0.4, 0.5) is 0 Å². The molecular formula is C56H73N9O9. The summed E-state index contributed by atoms with van der Waals surface area (Å²) in [4.78, 5) is 85.5. The van der Waals surface area contributed by atoms with Gasteiger partial charge in [-0.15, -0.1) is 0 Å². The molecule has 1 saturated heterocycles. The van der Waals surface area contributed by atoms with Crippen LogP contribution in [0.3, 0.4) is 0 Å². The molecule has 2 aromatic carbocycles. The Morgan fingerprint density at radius 3 is 1.58 bits per heavy atom. The van der Waals surface area contributed by atoms with Crippen molar-refractivity contribution in [3.05, 3.63) is 84.8 Å². The summed E-state index contributed by atoms with van der Waals surface area (Å²) in [5.74, 6) is 1.89. The second-order valence-electron chi connectivity index (χ2n) is 18.9. The normalized spacial score (nSPS) is 13.5. The standard InChI is InChI=1S/C29H37N5O5.C27H36N4O4/c1-4-21(35)11-6-5-7-13-24(31-26(36)29(37)34-16-14-33(2)15-17-34)28-30-19-25(39-28)22-18-20-10-8-9-12-23(20)32-27(22)38-3;1-5-20(32)12-7-6-8-14-23(29-25(33)15-16-31(2)3)27-28-18-24(35-27)21-17-19-11-9-10-13-22(19)30-26(21)34-4/h8-10,12,18-19,24H,4-7,11,13-17H2,1-3H3,(H,31,36);9-11,13,17-18,23H,5-8,12,14-16H2,1-4H3,(H,29,33)/t24-;23-/m00/s1. The molecule has 0 saturated carbocycles. The summed E-state index contributed by atoms with van der Waals surface area (Å²) >= 11 is 0. The molecule has 2 atom stereocenters. The lowest BCUT2D eigenvalue weighted by Crippen LogP contribution is -2.52. The summed E-state index contributed by atoms with van der Waals surface area (Å²) in [6, 6.07) is 18.5. The lowest BCUT2D eigenvalue weighted by molar-refractivity contribution is -0.147. The van der Waals surface area contributed by atoms with Crippen LogP contribution in [0.25, 0.3) is 44.5 Å². The van der Waals surface area contributed by atoms with Gasteiger partial charge in [-0.3, -0.25) is 24.0 Å². The molecule has 0 bridgehead atoms. The van der Waals surface area contributed by atoms with E-state index in [2.05, 4.69) is 35.5 Å². The Kier molecular flexibility index (Phi) is 21.6. The van der Waals surface area contributed by atoms with Gasteiger partial charge < -0.3 is 43.6 Å². The molecule has 7 rings (SSSR count). The van der Waals surface area contributed by atoms with Gasteiger partial charge in [0.25, 0.3) is 0 Å². The van der Waals surface area contributed by atoms with E-state index in [1.807, 2.05) is 101 Å². The average Bonchev–Trinajstić information content (AvgIpc) is 4.12. The number of pyridine rings is 2. The van der Waals surface area contributed by atoms with Gasteiger partial charge in [-0.2, -0.15) is 0 Å². The summed E-state index contributed by atoms with van der Waals surface area (Å²) in [5.41, 5.74) is 2.99. The number of hydrogen-bond donors (Lipinski definition) is 2. The largest absolute Gasteiger partial charge is 0.480 e. The van der Waals surface area contributed by atoms with Crippen molar-refractivity contribution in [2.24, 2.45) is 0 Å². The minimum absolute atomic E-state index is 0.0467. The highest BCUT2D eigenvalue weighted by Crippen LogP contribution is 2.35. The fraction of sp³-hybridized carbons (Fsp3) is 0.482. The molecule has 18 heteroatoms. The number of oxazole rings is 2. The maximum Gasteiger partial charge on any atom is 0.311 e. The number of piperazine rings is 1. The van der Waals surface area contributed by atoms with Gasteiger partial charge in [-0.1, -0.05) is 75.9 Å². The van der Waals surface area contributed by atoms with E-state index >= 15 is 0 Å². The number of Topliss-reactive ketones (excluding diaryl/α,β-unsaturated/α-hetero) is 2. The maximum absolute atomic E-state index is 13.0. The summed E-state index contributed by atoms with van der Waals surface area (Å²) in [6.45, 7) is 6.89. The Labute approximate surface area is 434 Å². The number of nitrogens with zero attached hydrogens (tertiary/aromatic N) is 7. The number of ketones is 2. The second-order valence-corrected chi connectivity index (χ2v) is 18.9. The molecule has 0 spiro atoms. The van der Waals surface area contributed by atoms with Crippen molar-refractivity contribution < 1.29 is 42.3 Å². The highest BCUT2D eigenvalue weighted by molar-refractivity contribution is 6.35. The third kappa shape index (κ3) is 16.2. The molecule has 6 aromatic rings. The predicted octanol–water partition coefficient (Wildman–Crippen LogP) is 8.70. The van der Waals surface area contributed by atoms with Crippen molar-refractivity contribution in [3.8, 4) is 34.4 Å². The molecule has 396 valence electrons. The number of hydrogen-bond acceptors (Lipinski definition) is 15. The predicted molar refractivity (Wildman–Crippen MR) is 283 cm³/mol. The van der Waals surface area contributed by atoms with Crippen LogP contribution in [0.1, 0.15) is 121 Å². The Balaban J connectivity index is 0.000000242. The number of unbranched alkanes of at least 4 members (excludes halogenated alkanes) is 4. The van der Waals surface area contributed by atoms with Crippen molar-refractivity contribution >= 4 is 51.1 Å². The zero-order valence-corrected chi connectivity index (χ0v) is 44.1. The number of amides is 3. The van der Waals surface area contributed by atoms with E-state index in [0.29, 0.717) is 111 Å². The number of para-hydroxylation sites is 2. The number of carbonyl (C=O) groups is 5. The number of carbonyl (C=O) groups excluding carboxylic acids is 5. The summed E-state index contributed by atoms with van der Waals surface area (Å²) < 4.78 is 23.3. The molecule has 3 amide bonds. The highest BCUT2D eigenvalue weighted by Gasteiger charge is 2.29. The smallest absolute Gasteiger partial charge is 0.311 e. The van der Waals surface area contributed by atoms with Gasteiger partial charge >= 0.3 is 11.8 Å². The van der Waals surface area contributed by atoms with Crippen LogP contribution < -0.4 is 20.1 Å². The van der Waals surface area contributed by atoms with Crippen molar-refractivity contribution in [1.82, 2.24) is 45.3 Å². The Hall–Kier alpha value is -7.05. The number of benzene rings is 2. The van der Waals surface area contributed by atoms with E-state index in [-0.39, 0.29) is 23.5 Å². The minimum Gasteiger partial charge on any atom is -0.480 e. The summed E-state index contributed by atoms with van der Waals surface area (Å²) in [7, 11) is 9.00. The molecule has 0 aliphatic carbocycles. The molecule has 74 heavy (non-hydrogen) atoms. The first kappa shape index (κ1) is 56.2. The zero-order valence-electron chi connectivity index (χ0n) is 44.1. The van der Waals surface area contributed by atoms with Gasteiger partial charge in [0, 0.05) is 75.6 Å². The van der Waals surface area contributed by atoms with Crippen LogP contribution in [-0.2, 0) is 24.0 Å². The maximum atomic E-state index is 13.0. The number of ether oxygens (including phenoxy) is 2. The quantitative estimate of drug-likeness (QED) is 0.0405. The van der Waals surface area contributed by atoms with Crippen LogP contribution in [0.5, 0.6) is 11.8 Å². The Morgan fingerprint density at radius 2 is 1.12 bits per heavy atom. The topological polar surface area (TPSA) is 215 Å². The first-order valence-electron chi connectivity index (χ1n) is 25.9. The molecule has 2 N–H and O–H groups in total. The molecule has 0 unspecified atom stereocenters. The third-order valence-corrected chi connectivity index (χ3v) is 13.0. The van der Waals surface area contributed by atoms with Crippen LogP contribution >= 0.6 is 0 Å². The van der Waals surface area contributed by atoms with Gasteiger partial charge in [0.1, 0.15) is 23.7 Å². The van der Waals surface area contributed by atoms with Gasteiger partial charge in [-0.05, 0) is 71.1 Å². The van der Waals surface area contributed by atoms with E-state index in [9.17, 15) is 24.0 Å². The molecule has 4 aromatic heterocycles. The summed E-state index contributed by atoms with van der Waals surface area (Å²) in [5, 5.41) is 7.84. The van der Waals surface area contributed by atoms with Crippen molar-refractivity contribution in [1.29, 1.82) is 0 Å². The van der Waals surface area contributed by atoms with Crippen LogP contribution in [0.2, 0.25) is 0 Å². The van der Waals surface area contributed by atoms with Crippen molar-refractivity contribution in [3.63, 3.8) is 0 Å². The molecule has 0 radical (unpaired) electrons. The number of likely N-dealkylation sites (N-methyl/N-ethyl adjacent to an activating group) is 1. The van der Waals surface area contributed by atoms with Crippen molar-refractivity contribution in [2.75, 3.05) is 68.1 Å². The number of nitrogens with one attached hydrogen (secondary N) is 2. The van der Waals surface area contributed by atoms with Gasteiger partial charge in [0.2, 0.25) is 29.4 Å². The zero-order chi connectivity index (χ0) is 53.0. The van der Waals surface area contributed by atoms with Crippen LogP contribution in [-0.4, -0.2) is 132 Å². The monoisotopic (exact) mass is 1020 g/mol. The molecule has 5 heterocycles. The van der Waals surface area contributed by atoms with E-state index < -0.39 is 17.9 Å². The summed E-state index contributed by atoms with van der Waals surface area (Å²) in [6.07, 6.45) is 12.1. The van der Waals surface area contributed by atoms with Crippen molar-refractivity contribution in [2.45, 2.75) is 109 Å². The average molecular weight is 1020 g/mol. The number of methoxy groups -OCH3 is 2. The van der Waals surface area contributed by atoms with Gasteiger partial charge in [-0.25, -0.2) is 19.9 Å². The Bertz CT molecular complexity index is 2800. The Morgan fingerprint density at radius 1 is 0.649 bits per heavy atom. The van der Waals surface area contributed by atoms with Gasteiger partial charge in [0.15, 0.2) is 11.5 Å². The molecule has 1 fully saturated rings. The highest BCUT2D eigenvalue weighted by atomic mass is 16.5. The minimum atomic E-state index is -0.671. The van der Waals surface area contributed by atoms with E-state index in [0.717, 1.165) is 73.4 Å². The number of fused-ring (bicyclic) bond motifs is 2. The SMILES string of the molecule is CCC(=O)CCCCC[C@H](NC(=O)C(=O)N1CCN(C)CC1)c1ncc(-c2cc3ccccc3nc2OC)o1.CCC(=O)CCCCC[C@H](NC(=O)CCN(C)C)c1ncc(-c2cc3ccccc3nc2OC)o1. The molecular weight excluding hydrogens is 943 g/mol. The first-order chi connectivity index (χ1) is 35.8. The lowest BCUT2D eigenvalue weighted by atomic mass is 10.0. The van der Waals surface area contributed by atoms with Crippen LogP contribution in [0, 0.1) is 0 Å². The number of aromatic nitrogens is 4. The fourth-order valence-corrected chi connectivity index (χ4v) is 8.54.